The third kappa shape index (κ3) is 4.23. The van der Waals surface area contributed by atoms with Crippen molar-refractivity contribution < 1.29 is 9.84 Å². The van der Waals surface area contributed by atoms with E-state index in [4.69, 9.17) is 4.74 Å². The Hall–Kier alpha value is -1.84. The number of morpholine rings is 1. The zero-order chi connectivity index (χ0) is 18.0. The molecule has 0 amide bonds. The van der Waals surface area contributed by atoms with Crippen LogP contribution < -0.4 is 0 Å². The molecule has 0 spiro atoms. The summed E-state index contributed by atoms with van der Waals surface area (Å²) in [6, 6.07) is 14.5. The largest absolute Gasteiger partial charge is 0.508 e. The molecule has 1 aliphatic rings. The summed E-state index contributed by atoms with van der Waals surface area (Å²) < 4.78 is 6.15. The summed E-state index contributed by atoms with van der Waals surface area (Å²) in [6.45, 7) is 11.1. The first-order valence-electron chi connectivity index (χ1n) is 9.19. The van der Waals surface area contributed by atoms with Crippen molar-refractivity contribution in [1.29, 1.82) is 0 Å². The molecule has 2 atom stereocenters. The zero-order valence-electron chi connectivity index (χ0n) is 15.7. The number of phenols is 1. The SMILES string of the molecule is Cc1cc(O)c(CN2C[C@@H](C)O[C@H](c3ccccc3)C2)cc1C(C)C. The molecule has 3 heteroatoms. The fourth-order valence-corrected chi connectivity index (χ4v) is 3.77. The minimum atomic E-state index is 0.0853. The van der Waals surface area contributed by atoms with Gasteiger partial charge in [0.2, 0.25) is 0 Å². The first kappa shape index (κ1) is 18.0. The Kier molecular flexibility index (Phi) is 5.45. The van der Waals surface area contributed by atoms with Gasteiger partial charge in [-0.3, -0.25) is 4.90 Å². The first-order chi connectivity index (χ1) is 11.9. The van der Waals surface area contributed by atoms with Gasteiger partial charge in [-0.15, -0.1) is 0 Å². The van der Waals surface area contributed by atoms with E-state index in [0.717, 1.165) is 30.8 Å². The van der Waals surface area contributed by atoms with Crippen LogP contribution in [-0.2, 0) is 11.3 Å². The molecule has 0 bridgehead atoms. The smallest absolute Gasteiger partial charge is 0.120 e. The van der Waals surface area contributed by atoms with E-state index in [9.17, 15) is 5.11 Å². The van der Waals surface area contributed by atoms with Crippen LogP contribution in [0.1, 0.15) is 55.0 Å². The van der Waals surface area contributed by atoms with E-state index in [1.165, 1.54) is 11.1 Å². The fraction of sp³-hybridized carbons (Fsp3) is 0.455. The van der Waals surface area contributed by atoms with Gasteiger partial charge in [-0.1, -0.05) is 50.2 Å². The molecule has 0 aliphatic carbocycles. The van der Waals surface area contributed by atoms with Crippen LogP contribution >= 0.6 is 0 Å². The van der Waals surface area contributed by atoms with E-state index >= 15 is 0 Å². The first-order valence-corrected chi connectivity index (χ1v) is 9.19. The van der Waals surface area contributed by atoms with Gasteiger partial charge in [0.25, 0.3) is 0 Å². The van der Waals surface area contributed by atoms with Gasteiger partial charge in [0.05, 0.1) is 12.2 Å². The minimum Gasteiger partial charge on any atom is -0.508 e. The monoisotopic (exact) mass is 339 g/mol. The van der Waals surface area contributed by atoms with Crippen LogP contribution in [-0.4, -0.2) is 29.2 Å². The summed E-state index contributed by atoms with van der Waals surface area (Å²) in [7, 11) is 0. The van der Waals surface area contributed by atoms with Gasteiger partial charge in [0.15, 0.2) is 0 Å². The van der Waals surface area contributed by atoms with Gasteiger partial charge in [-0.25, -0.2) is 0 Å². The second-order valence-corrected chi connectivity index (χ2v) is 7.53. The van der Waals surface area contributed by atoms with Crippen molar-refractivity contribution in [3.8, 4) is 5.75 Å². The lowest BCUT2D eigenvalue weighted by Crippen LogP contribution is -2.42. The molecular formula is C22H29NO2. The standard InChI is InChI=1S/C22H29NO2/c1-15(2)20-11-19(21(24)10-16(20)3)13-23-12-17(4)25-22(14-23)18-8-6-5-7-9-18/h5-11,15,17,22,24H,12-14H2,1-4H3/t17-,22+/m1/s1. The average molecular weight is 339 g/mol. The highest BCUT2D eigenvalue weighted by Gasteiger charge is 2.27. The van der Waals surface area contributed by atoms with Crippen molar-refractivity contribution in [3.05, 3.63) is 64.7 Å². The second kappa shape index (κ2) is 7.59. The molecule has 0 radical (unpaired) electrons. The summed E-state index contributed by atoms with van der Waals surface area (Å²) in [5.41, 5.74) is 4.70. The van der Waals surface area contributed by atoms with Crippen LogP contribution in [0.25, 0.3) is 0 Å². The number of rotatable bonds is 4. The van der Waals surface area contributed by atoms with E-state index in [-0.39, 0.29) is 12.2 Å². The molecule has 1 aliphatic heterocycles. The number of benzene rings is 2. The maximum absolute atomic E-state index is 10.4. The molecule has 1 saturated heterocycles. The lowest BCUT2D eigenvalue weighted by atomic mass is 9.95. The summed E-state index contributed by atoms with van der Waals surface area (Å²) >= 11 is 0. The number of nitrogens with zero attached hydrogens (tertiary/aromatic N) is 1. The maximum atomic E-state index is 10.4. The average Bonchev–Trinajstić information content (AvgIpc) is 2.57. The highest BCUT2D eigenvalue weighted by molar-refractivity contribution is 5.42. The maximum Gasteiger partial charge on any atom is 0.120 e. The highest BCUT2D eigenvalue weighted by Crippen LogP contribution is 2.31. The zero-order valence-corrected chi connectivity index (χ0v) is 15.7. The quantitative estimate of drug-likeness (QED) is 0.869. The van der Waals surface area contributed by atoms with E-state index in [0.29, 0.717) is 11.7 Å². The summed E-state index contributed by atoms with van der Waals surface area (Å²) in [5, 5.41) is 10.4. The number of aryl methyl sites for hydroxylation is 1. The third-order valence-electron chi connectivity index (χ3n) is 4.99. The van der Waals surface area contributed by atoms with Crippen LogP contribution in [0.3, 0.4) is 0 Å². The molecule has 1 heterocycles. The Labute approximate surface area is 151 Å². The molecule has 3 nitrogen and oxygen atoms in total. The predicted molar refractivity (Wildman–Crippen MR) is 102 cm³/mol. The van der Waals surface area contributed by atoms with Crippen molar-refractivity contribution in [1.82, 2.24) is 4.90 Å². The summed E-state index contributed by atoms with van der Waals surface area (Å²) in [6.07, 6.45) is 0.262. The van der Waals surface area contributed by atoms with Crippen molar-refractivity contribution in [2.75, 3.05) is 13.1 Å². The van der Waals surface area contributed by atoms with Crippen molar-refractivity contribution >= 4 is 0 Å². The fourth-order valence-electron chi connectivity index (χ4n) is 3.77. The third-order valence-corrected chi connectivity index (χ3v) is 4.99. The topological polar surface area (TPSA) is 32.7 Å². The number of ether oxygens (including phenoxy) is 1. The normalized spacial score (nSPS) is 21.6. The van der Waals surface area contributed by atoms with E-state index in [1.54, 1.807) is 0 Å². The Morgan fingerprint density at radius 3 is 2.56 bits per heavy atom. The van der Waals surface area contributed by atoms with Gasteiger partial charge in [0, 0.05) is 25.2 Å². The van der Waals surface area contributed by atoms with Crippen molar-refractivity contribution in [3.63, 3.8) is 0 Å². The number of phenolic OH excluding ortho intramolecular Hbond substituents is 1. The van der Waals surface area contributed by atoms with Crippen LogP contribution in [0.15, 0.2) is 42.5 Å². The summed E-state index contributed by atoms with van der Waals surface area (Å²) in [4.78, 5) is 2.39. The number of aromatic hydroxyl groups is 1. The second-order valence-electron chi connectivity index (χ2n) is 7.53. The molecule has 0 saturated carbocycles. The Morgan fingerprint density at radius 2 is 1.88 bits per heavy atom. The van der Waals surface area contributed by atoms with Gasteiger partial charge in [-0.05, 0) is 42.5 Å². The predicted octanol–water partition coefficient (Wildman–Crippen LogP) is 4.79. The van der Waals surface area contributed by atoms with Crippen LogP contribution in [0.2, 0.25) is 0 Å². The van der Waals surface area contributed by atoms with Gasteiger partial charge < -0.3 is 9.84 Å². The Bertz CT molecular complexity index is 711. The van der Waals surface area contributed by atoms with E-state index < -0.39 is 0 Å². The lowest BCUT2D eigenvalue weighted by Gasteiger charge is -2.37. The van der Waals surface area contributed by atoms with Crippen LogP contribution in [0, 0.1) is 6.92 Å². The minimum absolute atomic E-state index is 0.0853. The Balaban J connectivity index is 1.79. The molecule has 0 aromatic heterocycles. The summed E-state index contributed by atoms with van der Waals surface area (Å²) in [5.74, 6) is 0.859. The molecule has 1 N–H and O–H groups in total. The molecule has 1 fully saturated rings. The number of hydrogen-bond donors (Lipinski definition) is 1. The van der Waals surface area contributed by atoms with E-state index in [2.05, 4.69) is 62.9 Å². The molecule has 2 aromatic carbocycles. The van der Waals surface area contributed by atoms with Crippen molar-refractivity contribution in [2.24, 2.45) is 0 Å². The van der Waals surface area contributed by atoms with Crippen LogP contribution in [0.5, 0.6) is 5.75 Å². The van der Waals surface area contributed by atoms with Gasteiger partial charge >= 0.3 is 0 Å². The highest BCUT2D eigenvalue weighted by atomic mass is 16.5. The number of hydrogen-bond acceptors (Lipinski definition) is 3. The Morgan fingerprint density at radius 1 is 1.16 bits per heavy atom. The van der Waals surface area contributed by atoms with Gasteiger partial charge in [0.1, 0.15) is 5.75 Å². The molecule has 2 aromatic rings. The lowest BCUT2D eigenvalue weighted by molar-refractivity contribution is -0.0815. The molecule has 0 unspecified atom stereocenters. The molecule has 3 rings (SSSR count). The van der Waals surface area contributed by atoms with Gasteiger partial charge in [-0.2, -0.15) is 0 Å². The molecule has 25 heavy (non-hydrogen) atoms. The van der Waals surface area contributed by atoms with Crippen LogP contribution in [0.4, 0.5) is 0 Å². The van der Waals surface area contributed by atoms with E-state index in [1.807, 2.05) is 12.1 Å². The molecular weight excluding hydrogens is 310 g/mol. The molecule has 134 valence electrons. The van der Waals surface area contributed by atoms with Crippen molar-refractivity contribution in [2.45, 2.75) is 52.4 Å².